The molecule has 2 nitrogen and oxygen atoms in total. The molecule has 0 aromatic heterocycles. The quantitative estimate of drug-likeness (QED) is 0.459. The third-order valence-electron chi connectivity index (χ3n) is 1.90. The van der Waals surface area contributed by atoms with Crippen molar-refractivity contribution in [3.63, 3.8) is 0 Å². The molecule has 2 heterocycles. The lowest BCUT2D eigenvalue weighted by Crippen LogP contribution is -2.49. The smallest absolute Gasteiger partial charge is 0.230 e. The van der Waals surface area contributed by atoms with Gasteiger partial charge in [0.05, 0.1) is 11.8 Å². The highest BCUT2D eigenvalue weighted by atomic mass is 35.5. The molecule has 2 rings (SSSR count). The summed E-state index contributed by atoms with van der Waals surface area (Å²) in [4.78, 5) is 12.7. The number of carbonyl (C=O) groups is 1. The number of carbonyl (C=O) groups excluding carboxylic acids is 1. The number of fused-ring (bicyclic) bond motifs is 1. The number of amides is 1. The SMILES string of the molecule is O=C1C[C@@H]2SCC(CCl)=CN12. The van der Waals surface area contributed by atoms with Crippen LogP contribution >= 0.6 is 23.4 Å². The summed E-state index contributed by atoms with van der Waals surface area (Å²) in [5, 5.41) is 0.412. The topological polar surface area (TPSA) is 20.3 Å². The normalized spacial score (nSPS) is 29.2. The van der Waals surface area contributed by atoms with Crippen LogP contribution in [0.4, 0.5) is 0 Å². The molecule has 0 unspecified atom stereocenters. The third-order valence-corrected chi connectivity index (χ3v) is 3.56. The molecule has 1 fully saturated rings. The molecule has 0 aliphatic carbocycles. The number of rotatable bonds is 1. The van der Waals surface area contributed by atoms with E-state index in [0.29, 0.717) is 17.7 Å². The minimum absolute atomic E-state index is 0.227. The first kappa shape index (κ1) is 7.50. The Morgan fingerprint density at radius 2 is 2.64 bits per heavy atom. The highest BCUT2D eigenvalue weighted by Crippen LogP contribution is 2.35. The molecule has 1 saturated heterocycles. The fraction of sp³-hybridized carbons (Fsp3) is 0.571. The summed E-state index contributed by atoms with van der Waals surface area (Å²) in [6.07, 6.45) is 2.61. The van der Waals surface area contributed by atoms with Crippen LogP contribution < -0.4 is 0 Å². The van der Waals surface area contributed by atoms with Gasteiger partial charge in [-0.05, 0) is 5.57 Å². The van der Waals surface area contributed by atoms with Gasteiger partial charge in [-0.2, -0.15) is 0 Å². The zero-order chi connectivity index (χ0) is 7.84. The zero-order valence-corrected chi connectivity index (χ0v) is 7.49. The van der Waals surface area contributed by atoms with Crippen LogP contribution in [-0.2, 0) is 4.79 Å². The lowest BCUT2D eigenvalue weighted by atomic mass is 10.2. The lowest BCUT2D eigenvalue weighted by Gasteiger charge is -2.40. The monoisotopic (exact) mass is 189 g/mol. The van der Waals surface area contributed by atoms with Crippen molar-refractivity contribution in [2.75, 3.05) is 11.6 Å². The second-order valence-electron chi connectivity index (χ2n) is 2.69. The van der Waals surface area contributed by atoms with Crippen LogP contribution in [0.2, 0.25) is 0 Å². The van der Waals surface area contributed by atoms with Crippen molar-refractivity contribution >= 4 is 29.3 Å². The van der Waals surface area contributed by atoms with Crippen LogP contribution in [0.1, 0.15) is 6.42 Å². The van der Waals surface area contributed by atoms with Gasteiger partial charge in [-0.3, -0.25) is 4.79 Å². The second-order valence-corrected chi connectivity index (χ2v) is 4.13. The standard InChI is InChI=1S/C7H8ClNOS/c8-2-5-3-9-6(10)1-7(9)11-4-5/h3,7H,1-2,4H2/t7-/m0/s1. The molecule has 0 aromatic carbocycles. The van der Waals surface area contributed by atoms with Crippen LogP contribution in [0, 0.1) is 0 Å². The Morgan fingerprint density at radius 3 is 3.27 bits per heavy atom. The summed E-state index contributed by atoms with van der Waals surface area (Å²) in [6, 6.07) is 0. The van der Waals surface area contributed by atoms with E-state index in [1.807, 2.05) is 6.20 Å². The van der Waals surface area contributed by atoms with Crippen LogP contribution in [0.25, 0.3) is 0 Å². The van der Waals surface area contributed by atoms with Crippen LogP contribution in [0.3, 0.4) is 0 Å². The summed E-state index contributed by atoms with van der Waals surface area (Å²) in [6.45, 7) is 0. The van der Waals surface area contributed by atoms with E-state index in [4.69, 9.17) is 11.6 Å². The predicted octanol–water partition coefficient (Wildman–Crippen LogP) is 1.41. The van der Waals surface area contributed by atoms with Gasteiger partial charge >= 0.3 is 0 Å². The summed E-state index contributed by atoms with van der Waals surface area (Å²) in [5.74, 6) is 1.76. The molecule has 0 bridgehead atoms. The van der Waals surface area contributed by atoms with Crippen molar-refractivity contribution in [2.45, 2.75) is 11.8 Å². The van der Waals surface area contributed by atoms with Gasteiger partial charge in [0.2, 0.25) is 5.91 Å². The average molecular weight is 190 g/mol. The number of hydrogen-bond donors (Lipinski definition) is 0. The molecule has 2 aliphatic heterocycles. The number of alkyl halides is 1. The summed E-state index contributed by atoms with van der Waals surface area (Å²) >= 11 is 7.45. The molecule has 0 spiro atoms. The molecule has 1 amide bonds. The van der Waals surface area contributed by atoms with Gasteiger partial charge in [0, 0.05) is 17.8 Å². The van der Waals surface area contributed by atoms with E-state index < -0.39 is 0 Å². The Balaban J connectivity index is 2.13. The van der Waals surface area contributed by atoms with Crippen molar-refractivity contribution in [1.82, 2.24) is 4.90 Å². The minimum Gasteiger partial charge on any atom is -0.306 e. The first-order valence-corrected chi connectivity index (χ1v) is 5.08. The molecule has 2 aliphatic rings. The van der Waals surface area contributed by atoms with E-state index in [0.717, 1.165) is 11.3 Å². The van der Waals surface area contributed by atoms with E-state index in [9.17, 15) is 4.79 Å². The van der Waals surface area contributed by atoms with Gasteiger partial charge in [-0.15, -0.1) is 23.4 Å². The van der Waals surface area contributed by atoms with Crippen molar-refractivity contribution in [3.8, 4) is 0 Å². The number of thioether (sulfide) groups is 1. The summed E-state index contributed by atoms with van der Waals surface area (Å²) in [7, 11) is 0. The van der Waals surface area contributed by atoms with E-state index in [1.165, 1.54) is 0 Å². The minimum atomic E-state index is 0.227. The maximum absolute atomic E-state index is 11.0. The van der Waals surface area contributed by atoms with Gasteiger partial charge in [-0.25, -0.2) is 0 Å². The fourth-order valence-electron chi connectivity index (χ4n) is 1.21. The number of halogens is 1. The van der Waals surface area contributed by atoms with Crippen molar-refractivity contribution in [3.05, 3.63) is 11.8 Å². The second kappa shape index (κ2) is 2.72. The Hall–Kier alpha value is -0.150. The van der Waals surface area contributed by atoms with E-state index >= 15 is 0 Å². The molecule has 60 valence electrons. The molecular weight excluding hydrogens is 182 g/mol. The fourth-order valence-corrected chi connectivity index (χ4v) is 2.66. The van der Waals surface area contributed by atoms with Crippen molar-refractivity contribution < 1.29 is 4.79 Å². The maximum Gasteiger partial charge on any atom is 0.230 e. The Bertz CT molecular complexity index is 228. The Labute approximate surface area is 74.6 Å². The lowest BCUT2D eigenvalue weighted by molar-refractivity contribution is -0.137. The van der Waals surface area contributed by atoms with Crippen LogP contribution in [0.5, 0.6) is 0 Å². The van der Waals surface area contributed by atoms with E-state index in [2.05, 4.69) is 0 Å². The molecular formula is C7H8ClNOS. The Kier molecular flexibility index (Phi) is 1.85. The van der Waals surface area contributed by atoms with Gasteiger partial charge in [-0.1, -0.05) is 0 Å². The summed E-state index contributed by atoms with van der Waals surface area (Å²) < 4.78 is 0. The summed E-state index contributed by atoms with van der Waals surface area (Å²) in [5.41, 5.74) is 1.15. The number of β-lactam (4-membered cyclic amide) rings is 1. The molecule has 1 atom stereocenters. The number of nitrogens with zero attached hydrogens (tertiary/aromatic N) is 1. The molecule has 0 radical (unpaired) electrons. The van der Waals surface area contributed by atoms with Crippen molar-refractivity contribution in [2.24, 2.45) is 0 Å². The molecule has 0 saturated carbocycles. The molecule has 0 aromatic rings. The predicted molar refractivity (Wildman–Crippen MR) is 46.5 cm³/mol. The van der Waals surface area contributed by atoms with Gasteiger partial charge in [0.15, 0.2) is 0 Å². The Morgan fingerprint density at radius 1 is 1.82 bits per heavy atom. The third kappa shape index (κ3) is 1.16. The van der Waals surface area contributed by atoms with E-state index in [1.54, 1.807) is 16.7 Å². The maximum atomic E-state index is 11.0. The highest BCUT2D eigenvalue weighted by Gasteiger charge is 2.37. The first-order valence-electron chi connectivity index (χ1n) is 3.49. The van der Waals surface area contributed by atoms with Gasteiger partial charge < -0.3 is 4.90 Å². The molecule has 11 heavy (non-hydrogen) atoms. The number of hydrogen-bond acceptors (Lipinski definition) is 2. The van der Waals surface area contributed by atoms with Crippen LogP contribution in [-0.4, -0.2) is 27.8 Å². The average Bonchev–Trinajstić information content (AvgIpc) is 2.03. The van der Waals surface area contributed by atoms with Crippen LogP contribution in [0.15, 0.2) is 11.8 Å². The van der Waals surface area contributed by atoms with Gasteiger partial charge in [0.1, 0.15) is 0 Å². The first-order chi connectivity index (χ1) is 5.31. The molecule has 4 heteroatoms. The molecule has 0 N–H and O–H groups in total. The van der Waals surface area contributed by atoms with E-state index in [-0.39, 0.29) is 5.91 Å². The van der Waals surface area contributed by atoms with Gasteiger partial charge in [0.25, 0.3) is 0 Å². The largest absolute Gasteiger partial charge is 0.306 e. The zero-order valence-electron chi connectivity index (χ0n) is 5.92. The van der Waals surface area contributed by atoms with Crippen molar-refractivity contribution in [1.29, 1.82) is 0 Å². The highest BCUT2D eigenvalue weighted by molar-refractivity contribution is 8.00.